The number of carboxylic acid groups (broad SMARTS) is 1. The van der Waals surface area contributed by atoms with Gasteiger partial charge in [-0.25, -0.2) is 18.2 Å². The Morgan fingerprint density at radius 1 is 1.18 bits per heavy atom. The van der Waals surface area contributed by atoms with Crippen LogP contribution in [0.5, 0.6) is 5.75 Å². The van der Waals surface area contributed by atoms with Gasteiger partial charge in [0.2, 0.25) is 10.0 Å². The average Bonchev–Trinajstić information content (AvgIpc) is 3.54. The van der Waals surface area contributed by atoms with Crippen molar-refractivity contribution in [2.24, 2.45) is 5.92 Å². The van der Waals surface area contributed by atoms with E-state index in [4.69, 9.17) is 19.6 Å². The summed E-state index contributed by atoms with van der Waals surface area (Å²) < 4.78 is 41.6. The maximum atomic E-state index is 13.4. The second kappa shape index (κ2) is 11.6. The summed E-state index contributed by atoms with van der Waals surface area (Å²) in [6.45, 7) is 4.24. The first-order chi connectivity index (χ1) is 18.3. The first-order valence-electron chi connectivity index (χ1n) is 13.0. The van der Waals surface area contributed by atoms with Crippen LogP contribution in [-0.2, 0) is 31.9 Å². The molecule has 204 valence electrons. The second-order valence-corrected chi connectivity index (χ2v) is 12.9. The van der Waals surface area contributed by atoms with Gasteiger partial charge in [0.15, 0.2) is 11.8 Å². The highest BCUT2D eigenvalue weighted by molar-refractivity contribution is 7.98. The van der Waals surface area contributed by atoms with Crippen LogP contribution in [0.1, 0.15) is 38.2 Å². The van der Waals surface area contributed by atoms with Gasteiger partial charge in [0.1, 0.15) is 5.75 Å². The summed E-state index contributed by atoms with van der Waals surface area (Å²) in [7, 11) is -3.58. The third kappa shape index (κ3) is 6.17. The molecule has 2 aliphatic rings. The fourth-order valence-corrected chi connectivity index (χ4v) is 7.61. The molecule has 11 heteroatoms. The molecule has 2 unspecified atom stereocenters. The van der Waals surface area contributed by atoms with Crippen LogP contribution < -0.4 is 4.74 Å². The topological polar surface area (TPSA) is 111 Å². The Bertz CT molecular complexity index is 1380. The molecule has 2 saturated heterocycles. The van der Waals surface area contributed by atoms with Gasteiger partial charge in [-0.1, -0.05) is 30.8 Å². The van der Waals surface area contributed by atoms with Crippen LogP contribution in [0.2, 0.25) is 0 Å². The number of piperidine rings is 1. The Hall–Kier alpha value is -2.60. The van der Waals surface area contributed by atoms with E-state index in [-0.39, 0.29) is 17.6 Å². The highest BCUT2D eigenvalue weighted by Gasteiger charge is 2.29. The van der Waals surface area contributed by atoms with E-state index in [1.54, 1.807) is 40.3 Å². The lowest BCUT2D eigenvalue weighted by Crippen LogP contribution is -2.39. The second-order valence-electron chi connectivity index (χ2n) is 10.0. The van der Waals surface area contributed by atoms with Crippen LogP contribution in [-0.4, -0.2) is 65.8 Å². The number of nitrogens with zero attached hydrogens (tertiary/aromatic N) is 3. The molecule has 2 aliphatic heterocycles. The Morgan fingerprint density at radius 3 is 2.71 bits per heavy atom. The number of aromatic nitrogens is 2. The molecule has 0 amide bonds. The van der Waals surface area contributed by atoms with Crippen molar-refractivity contribution in [1.29, 1.82) is 0 Å². The predicted molar refractivity (Wildman–Crippen MR) is 145 cm³/mol. The third-order valence-electron chi connectivity index (χ3n) is 7.01. The van der Waals surface area contributed by atoms with Gasteiger partial charge >= 0.3 is 5.97 Å². The summed E-state index contributed by atoms with van der Waals surface area (Å²) in [5.41, 5.74) is 2.59. The van der Waals surface area contributed by atoms with Gasteiger partial charge in [0.25, 0.3) is 0 Å². The van der Waals surface area contributed by atoms with E-state index >= 15 is 0 Å². The van der Waals surface area contributed by atoms with Crippen molar-refractivity contribution < 1.29 is 27.8 Å². The van der Waals surface area contributed by atoms with Crippen LogP contribution in [0.15, 0.2) is 52.5 Å². The molecule has 5 rings (SSSR count). The summed E-state index contributed by atoms with van der Waals surface area (Å²) in [6, 6.07) is 12.6. The zero-order chi connectivity index (χ0) is 26.7. The van der Waals surface area contributed by atoms with Crippen LogP contribution in [0.25, 0.3) is 11.0 Å². The van der Waals surface area contributed by atoms with Crippen LogP contribution in [0, 0.1) is 5.92 Å². The van der Waals surface area contributed by atoms with E-state index in [2.05, 4.69) is 11.5 Å². The monoisotopic (exact) mass is 559 g/mol. The maximum absolute atomic E-state index is 13.4. The van der Waals surface area contributed by atoms with E-state index in [0.717, 1.165) is 48.5 Å². The van der Waals surface area contributed by atoms with E-state index in [1.165, 1.54) is 0 Å². The van der Waals surface area contributed by atoms with Crippen molar-refractivity contribution in [3.05, 3.63) is 48.0 Å². The summed E-state index contributed by atoms with van der Waals surface area (Å²) in [5, 5.41) is 9.59. The largest absolute Gasteiger partial charge is 0.482 e. The smallest absolute Gasteiger partial charge is 0.341 e. The van der Waals surface area contributed by atoms with Crippen molar-refractivity contribution in [2.45, 2.75) is 61.1 Å². The van der Waals surface area contributed by atoms with Crippen molar-refractivity contribution in [2.75, 3.05) is 26.3 Å². The average molecular weight is 560 g/mol. The number of carbonyl (C=O) groups is 1. The van der Waals surface area contributed by atoms with E-state index < -0.39 is 16.0 Å². The van der Waals surface area contributed by atoms with Crippen LogP contribution in [0.4, 0.5) is 0 Å². The number of carboxylic acids is 1. The number of hydrogen-bond donors (Lipinski definition) is 1. The van der Waals surface area contributed by atoms with Crippen molar-refractivity contribution >= 4 is 38.8 Å². The van der Waals surface area contributed by atoms with Gasteiger partial charge in [0.05, 0.1) is 28.6 Å². The molecule has 2 aromatic carbocycles. The lowest BCUT2D eigenvalue weighted by molar-refractivity contribution is -0.139. The van der Waals surface area contributed by atoms with Crippen LogP contribution in [0.3, 0.4) is 0 Å². The lowest BCUT2D eigenvalue weighted by Gasteiger charge is -2.30. The number of aliphatic carboxylic acids is 1. The Labute approximate surface area is 227 Å². The quantitative estimate of drug-likeness (QED) is 0.364. The molecule has 0 radical (unpaired) electrons. The number of imidazole rings is 1. The Morgan fingerprint density at radius 2 is 2.00 bits per heavy atom. The summed E-state index contributed by atoms with van der Waals surface area (Å²) >= 11 is 1.58. The number of ether oxygens (including phenoxy) is 2. The molecular weight excluding hydrogens is 526 g/mol. The first-order valence-corrected chi connectivity index (χ1v) is 15.4. The highest BCUT2D eigenvalue weighted by atomic mass is 32.2. The number of rotatable bonds is 10. The number of hydrogen-bond acceptors (Lipinski definition) is 7. The van der Waals surface area contributed by atoms with Gasteiger partial charge < -0.3 is 19.1 Å². The first kappa shape index (κ1) is 27.0. The lowest BCUT2D eigenvalue weighted by atomic mass is 10.0. The molecule has 1 N–H and O–H groups in total. The van der Waals surface area contributed by atoms with Gasteiger partial charge in [-0.15, -0.1) is 0 Å². The summed E-state index contributed by atoms with van der Waals surface area (Å²) in [4.78, 5) is 15.9. The van der Waals surface area contributed by atoms with E-state index in [0.29, 0.717) is 42.6 Å². The van der Waals surface area contributed by atoms with Gasteiger partial charge in [0, 0.05) is 25.4 Å². The fourth-order valence-electron chi connectivity index (χ4n) is 5.02. The highest BCUT2D eigenvalue weighted by Crippen LogP contribution is 2.32. The number of thioether (sulfide) groups is 1. The van der Waals surface area contributed by atoms with E-state index in [1.807, 2.05) is 18.2 Å². The molecule has 9 nitrogen and oxygen atoms in total. The molecule has 2 atom stereocenters. The third-order valence-corrected chi connectivity index (χ3v) is 9.91. The molecule has 0 saturated carbocycles. The minimum atomic E-state index is -3.58. The normalized spacial score (nSPS) is 20.7. The molecule has 0 aliphatic carbocycles. The van der Waals surface area contributed by atoms with Crippen molar-refractivity contribution in [3.8, 4) is 5.75 Å². The van der Waals surface area contributed by atoms with Gasteiger partial charge in [-0.3, -0.25) is 0 Å². The predicted octanol–water partition coefficient (Wildman–Crippen LogP) is 4.39. The molecule has 0 spiro atoms. The zero-order valence-corrected chi connectivity index (χ0v) is 23.0. The SMILES string of the molecule is CC1CCCN(S(=O)(=O)c2ccc3c(c2)nc(SCc2ccc(OCC(=O)O)cc2)n3CC2CCCO2)C1. The molecule has 3 heterocycles. The minimum absolute atomic E-state index is 0.107. The maximum Gasteiger partial charge on any atom is 0.341 e. The van der Waals surface area contributed by atoms with Crippen LogP contribution >= 0.6 is 11.8 Å². The number of sulfonamides is 1. The summed E-state index contributed by atoms with van der Waals surface area (Å²) in [6.07, 6.45) is 4.06. The fraction of sp³-hybridized carbons (Fsp3) is 0.481. The molecule has 0 bridgehead atoms. The summed E-state index contributed by atoms with van der Waals surface area (Å²) in [5.74, 6) is 0.485. The standard InChI is InChI=1S/C27H33N3O6S2/c1-19-4-2-12-29(15-19)38(33,34)23-10-11-25-24(14-23)28-27(30(25)16-22-5-3-13-35-22)37-18-20-6-8-21(9-7-20)36-17-26(31)32/h6-11,14,19,22H,2-5,12-13,15-18H2,1H3,(H,31,32). The molecule has 38 heavy (non-hydrogen) atoms. The number of benzene rings is 2. The molecule has 3 aromatic rings. The van der Waals surface area contributed by atoms with Gasteiger partial charge in [-0.2, -0.15) is 4.31 Å². The number of fused-ring (bicyclic) bond motifs is 1. The van der Waals surface area contributed by atoms with E-state index in [9.17, 15) is 13.2 Å². The zero-order valence-electron chi connectivity index (χ0n) is 21.4. The van der Waals surface area contributed by atoms with Gasteiger partial charge in [-0.05, 0) is 67.5 Å². The van der Waals surface area contributed by atoms with Crippen molar-refractivity contribution in [1.82, 2.24) is 13.9 Å². The molecular formula is C27H33N3O6S2. The van der Waals surface area contributed by atoms with Crippen molar-refractivity contribution in [3.63, 3.8) is 0 Å². The molecule has 2 fully saturated rings. The minimum Gasteiger partial charge on any atom is -0.482 e. The molecule has 1 aromatic heterocycles. The Balaban J connectivity index is 1.39. The Kier molecular flexibility index (Phi) is 8.27.